The minimum absolute atomic E-state index is 0.198. The smallest absolute Gasteiger partial charge is 0.338 e. The zero-order valence-corrected chi connectivity index (χ0v) is 22.9. The van der Waals surface area contributed by atoms with Crippen LogP contribution in [0.15, 0.2) is 84.4 Å². The lowest BCUT2D eigenvalue weighted by atomic mass is 9.91. The Balaban J connectivity index is 1.64. The zero-order chi connectivity index (χ0) is 28.5. The summed E-state index contributed by atoms with van der Waals surface area (Å²) in [7, 11) is 0. The third kappa shape index (κ3) is 6.43. The normalized spacial score (nSPS) is 14.8. The Bertz CT molecular complexity index is 1370. The molecule has 0 bridgehead atoms. The molecular formula is C31H34N4O5. The van der Waals surface area contributed by atoms with Gasteiger partial charge in [-0.3, -0.25) is 4.90 Å². The van der Waals surface area contributed by atoms with Crippen molar-refractivity contribution in [3.05, 3.63) is 95.6 Å². The first kappa shape index (κ1) is 28.2. The molecule has 1 aliphatic rings. The maximum absolute atomic E-state index is 13.3. The van der Waals surface area contributed by atoms with Gasteiger partial charge < -0.3 is 25.4 Å². The minimum Gasteiger partial charge on any atom is -0.492 e. The maximum atomic E-state index is 13.3. The summed E-state index contributed by atoms with van der Waals surface area (Å²) in [6.45, 7) is 6.71. The molecule has 0 spiro atoms. The van der Waals surface area contributed by atoms with Crippen LogP contribution < -0.4 is 20.7 Å². The Morgan fingerprint density at radius 3 is 2.25 bits per heavy atom. The molecule has 4 rings (SSSR count). The summed E-state index contributed by atoms with van der Waals surface area (Å²) in [5.74, 6) is 0.0788. The van der Waals surface area contributed by atoms with Crippen LogP contribution in [0.5, 0.6) is 5.75 Å². The first-order valence-electron chi connectivity index (χ1n) is 13.4. The number of hydrogen-bond acceptors (Lipinski definition) is 5. The molecule has 1 unspecified atom stereocenters. The topological polar surface area (TPSA) is 109 Å². The summed E-state index contributed by atoms with van der Waals surface area (Å²) < 4.78 is 11.0. The highest BCUT2D eigenvalue weighted by molar-refractivity contribution is 6.05. The summed E-state index contributed by atoms with van der Waals surface area (Å²) in [5, 5.41) is 8.59. The first-order valence-corrected chi connectivity index (χ1v) is 13.4. The highest BCUT2D eigenvalue weighted by Gasteiger charge is 2.38. The molecule has 3 aromatic carbocycles. The van der Waals surface area contributed by atoms with Gasteiger partial charge in [0, 0.05) is 12.2 Å². The molecule has 9 heteroatoms. The monoisotopic (exact) mass is 542 g/mol. The van der Waals surface area contributed by atoms with Gasteiger partial charge in [-0.1, -0.05) is 61.5 Å². The fourth-order valence-electron chi connectivity index (χ4n) is 4.57. The van der Waals surface area contributed by atoms with Crippen LogP contribution in [0.1, 0.15) is 44.4 Å². The lowest BCUT2D eigenvalue weighted by Crippen LogP contribution is -2.48. The van der Waals surface area contributed by atoms with Crippen LogP contribution in [-0.2, 0) is 9.53 Å². The van der Waals surface area contributed by atoms with Gasteiger partial charge in [0.15, 0.2) is 0 Å². The lowest BCUT2D eigenvalue weighted by molar-refractivity contribution is -0.138. The number of nitrogens with zero attached hydrogens (tertiary/aromatic N) is 1. The quantitative estimate of drug-likeness (QED) is 0.265. The Labute approximate surface area is 234 Å². The molecule has 208 valence electrons. The van der Waals surface area contributed by atoms with Crippen molar-refractivity contribution >= 4 is 35.1 Å². The molecule has 0 fully saturated rings. The predicted molar refractivity (Wildman–Crippen MR) is 155 cm³/mol. The summed E-state index contributed by atoms with van der Waals surface area (Å²) in [6.07, 6.45) is 0.710. The SMILES string of the molecule is CCCN1C(=O)NC(c2ccc(NC(=O)Nc3ccccc3OCC)cc2)C(C(=O)OCC)=C1c1ccccc1. The minimum atomic E-state index is -0.740. The summed E-state index contributed by atoms with van der Waals surface area (Å²) in [4.78, 5) is 40.9. The van der Waals surface area contributed by atoms with E-state index in [0.717, 1.165) is 5.56 Å². The van der Waals surface area contributed by atoms with Crippen molar-refractivity contribution in [2.24, 2.45) is 0 Å². The number of ether oxygens (including phenoxy) is 2. The predicted octanol–water partition coefficient (Wildman–Crippen LogP) is 6.18. The van der Waals surface area contributed by atoms with E-state index in [1.165, 1.54) is 0 Å². The molecule has 1 heterocycles. The molecule has 40 heavy (non-hydrogen) atoms. The molecule has 0 aliphatic carbocycles. The number of nitrogens with one attached hydrogen (secondary N) is 3. The largest absolute Gasteiger partial charge is 0.492 e. The molecule has 0 aromatic heterocycles. The summed E-state index contributed by atoms with van der Waals surface area (Å²) in [5.41, 5.74) is 3.40. The molecule has 4 amide bonds. The molecule has 3 N–H and O–H groups in total. The zero-order valence-electron chi connectivity index (χ0n) is 22.9. The van der Waals surface area contributed by atoms with Crippen molar-refractivity contribution in [2.75, 3.05) is 30.4 Å². The average Bonchev–Trinajstić information content (AvgIpc) is 2.96. The van der Waals surface area contributed by atoms with Gasteiger partial charge >= 0.3 is 18.0 Å². The number of carbonyl (C=O) groups excluding carboxylic acids is 3. The van der Waals surface area contributed by atoms with E-state index < -0.39 is 18.0 Å². The Hall–Kier alpha value is -4.79. The molecule has 0 radical (unpaired) electrons. The van der Waals surface area contributed by atoms with Crippen molar-refractivity contribution < 1.29 is 23.9 Å². The highest BCUT2D eigenvalue weighted by atomic mass is 16.5. The van der Waals surface area contributed by atoms with Gasteiger partial charge in [-0.15, -0.1) is 0 Å². The fourth-order valence-corrected chi connectivity index (χ4v) is 4.57. The number of hydrogen-bond donors (Lipinski definition) is 3. The Morgan fingerprint density at radius 1 is 0.875 bits per heavy atom. The van der Waals surface area contributed by atoms with Crippen LogP contribution in [0.4, 0.5) is 21.0 Å². The van der Waals surface area contributed by atoms with Crippen LogP contribution in [-0.4, -0.2) is 42.7 Å². The van der Waals surface area contributed by atoms with Gasteiger partial charge in [0.2, 0.25) is 0 Å². The Morgan fingerprint density at radius 2 is 1.57 bits per heavy atom. The first-order chi connectivity index (χ1) is 19.5. The molecule has 3 aromatic rings. The summed E-state index contributed by atoms with van der Waals surface area (Å²) in [6, 6.07) is 22.1. The number of esters is 1. The van der Waals surface area contributed by atoms with Crippen molar-refractivity contribution in [3.8, 4) is 5.75 Å². The van der Waals surface area contributed by atoms with Crippen molar-refractivity contribution in [1.29, 1.82) is 0 Å². The third-order valence-electron chi connectivity index (χ3n) is 6.25. The van der Waals surface area contributed by atoms with E-state index in [9.17, 15) is 14.4 Å². The number of para-hydroxylation sites is 2. The van der Waals surface area contributed by atoms with E-state index in [4.69, 9.17) is 9.47 Å². The van der Waals surface area contributed by atoms with Crippen LogP contribution in [0.25, 0.3) is 5.70 Å². The second-order valence-electron chi connectivity index (χ2n) is 9.01. The molecule has 0 saturated carbocycles. The van der Waals surface area contributed by atoms with Gasteiger partial charge in [-0.2, -0.15) is 0 Å². The molecule has 9 nitrogen and oxygen atoms in total. The molecule has 0 saturated heterocycles. The number of carbonyl (C=O) groups is 3. The number of anilines is 2. The average molecular weight is 543 g/mol. The van der Waals surface area contributed by atoms with E-state index in [1.54, 1.807) is 48.2 Å². The van der Waals surface area contributed by atoms with Gasteiger partial charge in [0.25, 0.3) is 0 Å². The second kappa shape index (κ2) is 13.3. The van der Waals surface area contributed by atoms with Gasteiger partial charge in [-0.25, -0.2) is 14.4 Å². The second-order valence-corrected chi connectivity index (χ2v) is 9.01. The maximum Gasteiger partial charge on any atom is 0.338 e. The van der Waals surface area contributed by atoms with Gasteiger partial charge in [-0.05, 0) is 55.7 Å². The van der Waals surface area contributed by atoms with E-state index in [1.807, 2.05) is 56.3 Å². The molecule has 1 aliphatic heterocycles. The number of rotatable bonds is 10. The van der Waals surface area contributed by atoms with Crippen molar-refractivity contribution in [2.45, 2.75) is 33.2 Å². The Kier molecular flexibility index (Phi) is 9.40. The van der Waals surface area contributed by atoms with E-state index in [0.29, 0.717) is 53.5 Å². The number of benzene rings is 3. The number of amides is 4. The van der Waals surface area contributed by atoms with Gasteiger partial charge in [0.05, 0.1) is 36.2 Å². The highest BCUT2D eigenvalue weighted by Crippen LogP contribution is 2.37. The van der Waals surface area contributed by atoms with Crippen LogP contribution in [0.3, 0.4) is 0 Å². The van der Waals surface area contributed by atoms with E-state index in [2.05, 4.69) is 16.0 Å². The van der Waals surface area contributed by atoms with Crippen LogP contribution in [0.2, 0.25) is 0 Å². The standard InChI is InChI=1S/C31H34N4O5/c1-4-20-35-28(22-12-8-7-9-13-22)26(29(36)40-6-3)27(34-31(35)38)21-16-18-23(19-17-21)32-30(37)33-24-14-10-11-15-25(24)39-5-2/h7-19,27H,4-6,20H2,1-3H3,(H,34,38)(H2,32,33,37). The molecular weight excluding hydrogens is 508 g/mol. The van der Waals surface area contributed by atoms with E-state index >= 15 is 0 Å². The lowest BCUT2D eigenvalue weighted by Gasteiger charge is -2.36. The van der Waals surface area contributed by atoms with Gasteiger partial charge in [0.1, 0.15) is 5.75 Å². The van der Waals surface area contributed by atoms with Crippen molar-refractivity contribution in [3.63, 3.8) is 0 Å². The fraction of sp³-hybridized carbons (Fsp3) is 0.258. The third-order valence-corrected chi connectivity index (χ3v) is 6.25. The van der Waals surface area contributed by atoms with E-state index in [-0.39, 0.29) is 12.6 Å². The number of urea groups is 2. The van der Waals surface area contributed by atoms with Crippen LogP contribution >= 0.6 is 0 Å². The van der Waals surface area contributed by atoms with Crippen LogP contribution in [0, 0.1) is 0 Å². The van der Waals surface area contributed by atoms with Crippen molar-refractivity contribution in [1.82, 2.24) is 10.2 Å². The summed E-state index contributed by atoms with van der Waals surface area (Å²) >= 11 is 0. The molecule has 1 atom stereocenters.